The maximum absolute atomic E-state index is 12.2. The van der Waals surface area contributed by atoms with Gasteiger partial charge in [0.25, 0.3) is 5.91 Å². The summed E-state index contributed by atoms with van der Waals surface area (Å²) in [6.45, 7) is 0.647. The van der Waals surface area contributed by atoms with E-state index in [1.165, 1.54) is 6.20 Å². The Morgan fingerprint density at radius 3 is 2.84 bits per heavy atom. The normalized spacial score (nSPS) is 12.4. The predicted octanol–water partition coefficient (Wildman–Crippen LogP) is 3.20. The summed E-state index contributed by atoms with van der Waals surface area (Å²) in [5.41, 5.74) is 1.33. The van der Waals surface area contributed by atoms with Gasteiger partial charge in [-0.1, -0.05) is 29.8 Å². The van der Waals surface area contributed by atoms with Crippen LogP contribution in [0.4, 0.5) is 5.69 Å². The van der Waals surface area contributed by atoms with Crippen molar-refractivity contribution in [2.24, 2.45) is 0 Å². The lowest BCUT2D eigenvalue weighted by molar-refractivity contribution is -0.112. The smallest absolute Gasteiger partial charge is 0.267 e. The molecule has 0 spiro atoms. The third-order valence-electron chi connectivity index (χ3n) is 3.48. The number of nitrogens with one attached hydrogen (secondary N) is 2. The number of rotatable bonds is 5. The molecule has 2 aromatic rings. The lowest BCUT2D eigenvalue weighted by Gasteiger charge is -2.07. The van der Waals surface area contributed by atoms with Gasteiger partial charge in [0.2, 0.25) is 6.79 Å². The third kappa shape index (κ3) is 4.03. The van der Waals surface area contributed by atoms with Crippen molar-refractivity contribution in [3.8, 4) is 17.6 Å². The highest BCUT2D eigenvalue weighted by molar-refractivity contribution is 6.33. The van der Waals surface area contributed by atoms with Crippen molar-refractivity contribution in [1.82, 2.24) is 5.32 Å². The molecular weight excluding hydrogens is 342 g/mol. The zero-order valence-electron chi connectivity index (χ0n) is 13.1. The molecule has 1 heterocycles. The quantitative estimate of drug-likeness (QED) is 0.635. The summed E-state index contributed by atoms with van der Waals surface area (Å²) < 4.78 is 10.6. The van der Waals surface area contributed by atoms with Crippen LogP contribution in [0.3, 0.4) is 0 Å². The molecule has 0 saturated heterocycles. The van der Waals surface area contributed by atoms with Crippen LogP contribution in [0.25, 0.3) is 0 Å². The van der Waals surface area contributed by atoms with E-state index in [1.54, 1.807) is 24.3 Å². The van der Waals surface area contributed by atoms with E-state index in [9.17, 15) is 10.1 Å². The van der Waals surface area contributed by atoms with Crippen molar-refractivity contribution in [3.63, 3.8) is 0 Å². The number of para-hydroxylation sites is 1. The fourth-order valence-corrected chi connectivity index (χ4v) is 2.41. The molecule has 0 radical (unpaired) electrons. The van der Waals surface area contributed by atoms with Gasteiger partial charge in [-0.3, -0.25) is 4.79 Å². The largest absolute Gasteiger partial charge is 0.454 e. The molecule has 3 rings (SSSR count). The van der Waals surface area contributed by atoms with E-state index in [1.807, 2.05) is 24.3 Å². The van der Waals surface area contributed by atoms with Gasteiger partial charge in [-0.25, -0.2) is 0 Å². The van der Waals surface area contributed by atoms with Gasteiger partial charge in [-0.15, -0.1) is 0 Å². The van der Waals surface area contributed by atoms with E-state index in [-0.39, 0.29) is 12.4 Å². The molecule has 0 fully saturated rings. The molecule has 2 aromatic carbocycles. The Kier molecular flexibility index (Phi) is 5.07. The van der Waals surface area contributed by atoms with Gasteiger partial charge in [0.05, 0.1) is 10.7 Å². The first-order valence-electron chi connectivity index (χ1n) is 7.45. The fourth-order valence-electron chi connectivity index (χ4n) is 2.22. The van der Waals surface area contributed by atoms with Gasteiger partial charge < -0.3 is 20.1 Å². The minimum absolute atomic E-state index is 0.0549. The molecule has 25 heavy (non-hydrogen) atoms. The van der Waals surface area contributed by atoms with Crippen LogP contribution in [-0.2, 0) is 11.3 Å². The summed E-state index contributed by atoms with van der Waals surface area (Å²) >= 11 is 5.99. The van der Waals surface area contributed by atoms with Gasteiger partial charge in [0.15, 0.2) is 11.5 Å². The number of amides is 1. The van der Waals surface area contributed by atoms with Crippen LogP contribution >= 0.6 is 11.6 Å². The van der Waals surface area contributed by atoms with Crippen molar-refractivity contribution in [2.75, 3.05) is 12.1 Å². The fraction of sp³-hybridized carbons (Fsp3) is 0.111. The van der Waals surface area contributed by atoms with E-state index < -0.39 is 5.91 Å². The number of halogens is 1. The van der Waals surface area contributed by atoms with E-state index in [0.29, 0.717) is 28.8 Å². The Hall–Kier alpha value is -3.17. The van der Waals surface area contributed by atoms with Gasteiger partial charge >= 0.3 is 0 Å². The molecule has 0 aromatic heterocycles. The molecule has 1 amide bonds. The zero-order valence-corrected chi connectivity index (χ0v) is 13.8. The molecule has 0 aliphatic carbocycles. The second-order valence-electron chi connectivity index (χ2n) is 5.17. The van der Waals surface area contributed by atoms with Crippen LogP contribution < -0.4 is 20.1 Å². The number of carbonyl (C=O) groups is 1. The number of hydrogen-bond acceptors (Lipinski definition) is 5. The third-order valence-corrected chi connectivity index (χ3v) is 3.81. The first-order valence-corrected chi connectivity index (χ1v) is 7.83. The summed E-state index contributed by atoms with van der Waals surface area (Å²) in [4.78, 5) is 12.2. The van der Waals surface area contributed by atoms with Gasteiger partial charge in [-0.2, -0.15) is 5.26 Å². The van der Waals surface area contributed by atoms with Crippen molar-refractivity contribution in [1.29, 1.82) is 5.26 Å². The molecule has 0 unspecified atom stereocenters. The van der Waals surface area contributed by atoms with Crippen LogP contribution in [0.5, 0.6) is 11.5 Å². The van der Waals surface area contributed by atoms with Crippen LogP contribution in [-0.4, -0.2) is 12.7 Å². The number of hydrogen-bond donors (Lipinski definition) is 2. The minimum Gasteiger partial charge on any atom is -0.454 e. The van der Waals surface area contributed by atoms with Crippen LogP contribution in [0.2, 0.25) is 5.02 Å². The zero-order chi connectivity index (χ0) is 17.6. The minimum atomic E-state index is -0.534. The maximum Gasteiger partial charge on any atom is 0.267 e. The summed E-state index contributed by atoms with van der Waals surface area (Å²) in [5.74, 6) is 0.852. The second kappa shape index (κ2) is 7.60. The summed E-state index contributed by atoms with van der Waals surface area (Å²) in [5, 5.41) is 15.1. The van der Waals surface area contributed by atoms with Crippen molar-refractivity contribution in [2.45, 2.75) is 6.54 Å². The van der Waals surface area contributed by atoms with Crippen molar-refractivity contribution >= 4 is 23.2 Å². The number of ether oxygens (including phenoxy) is 2. The second-order valence-corrected chi connectivity index (χ2v) is 5.58. The molecule has 126 valence electrons. The summed E-state index contributed by atoms with van der Waals surface area (Å²) in [6, 6.07) is 14.2. The van der Waals surface area contributed by atoms with E-state index in [4.69, 9.17) is 21.1 Å². The van der Waals surface area contributed by atoms with E-state index in [2.05, 4.69) is 10.6 Å². The first-order chi connectivity index (χ1) is 12.2. The Morgan fingerprint density at radius 2 is 2.04 bits per heavy atom. The highest BCUT2D eigenvalue weighted by Crippen LogP contribution is 2.32. The van der Waals surface area contributed by atoms with E-state index in [0.717, 1.165) is 5.56 Å². The van der Waals surface area contributed by atoms with Crippen molar-refractivity contribution in [3.05, 3.63) is 64.8 Å². The van der Waals surface area contributed by atoms with Crippen LogP contribution in [0, 0.1) is 11.3 Å². The summed E-state index contributed by atoms with van der Waals surface area (Å²) in [7, 11) is 0. The van der Waals surface area contributed by atoms with E-state index >= 15 is 0 Å². The highest BCUT2D eigenvalue weighted by atomic mass is 35.5. The highest BCUT2D eigenvalue weighted by Gasteiger charge is 2.13. The van der Waals surface area contributed by atoms with Gasteiger partial charge in [-0.05, 0) is 29.8 Å². The average molecular weight is 356 g/mol. The van der Waals surface area contributed by atoms with Crippen molar-refractivity contribution < 1.29 is 14.3 Å². The SMILES string of the molecule is N#C/C(=C/NCc1ccc2c(c1)OCO2)C(=O)Nc1ccccc1Cl. The Morgan fingerprint density at radius 1 is 1.24 bits per heavy atom. The van der Waals surface area contributed by atoms with Crippen LogP contribution in [0.1, 0.15) is 5.56 Å². The Labute approximate surface area is 149 Å². The molecule has 1 aliphatic heterocycles. The first kappa shape index (κ1) is 16.7. The topological polar surface area (TPSA) is 83.4 Å². The standard InChI is InChI=1S/C18H14ClN3O3/c19-14-3-1-2-4-15(14)22-18(23)13(8-20)10-21-9-12-5-6-16-17(7-12)25-11-24-16/h1-7,10,21H,9,11H2,(H,22,23)/b13-10-. The molecular formula is C18H14ClN3O3. The number of nitrogens with zero attached hydrogens (tertiary/aromatic N) is 1. The molecule has 7 heteroatoms. The summed E-state index contributed by atoms with van der Waals surface area (Å²) in [6.07, 6.45) is 1.37. The van der Waals surface area contributed by atoms with Gasteiger partial charge in [0.1, 0.15) is 11.6 Å². The van der Waals surface area contributed by atoms with Gasteiger partial charge in [0, 0.05) is 12.7 Å². The number of nitriles is 1. The number of anilines is 1. The Balaban J connectivity index is 1.62. The molecule has 0 atom stereocenters. The monoisotopic (exact) mass is 355 g/mol. The molecule has 6 nitrogen and oxygen atoms in total. The molecule has 0 bridgehead atoms. The average Bonchev–Trinajstić information content (AvgIpc) is 3.08. The lowest BCUT2D eigenvalue weighted by atomic mass is 10.2. The molecule has 1 aliphatic rings. The molecule has 2 N–H and O–H groups in total. The predicted molar refractivity (Wildman–Crippen MR) is 93.2 cm³/mol. The lowest BCUT2D eigenvalue weighted by Crippen LogP contribution is -2.16. The number of fused-ring (bicyclic) bond motifs is 1. The Bertz CT molecular complexity index is 874. The molecule has 0 saturated carbocycles. The number of benzene rings is 2. The maximum atomic E-state index is 12.2. The number of carbonyl (C=O) groups excluding carboxylic acids is 1. The van der Waals surface area contributed by atoms with Crippen LogP contribution in [0.15, 0.2) is 54.2 Å².